The van der Waals surface area contributed by atoms with Crippen LogP contribution in [-0.2, 0) is 9.09 Å². The molecular weight excluding hydrogens is 311 g/mol. The van der Waals surface area contributed by atoms with E-state index in [0.717, 1.165) is 25.7 Å². The molecule has 0 aromatic rings. The van der Waals surface area contributed by atoms with E-state index in [4.69, 9.17) is 4.52 Å². The highest BCUT2D eigenvalue weighted by atomic mass is 31.2. The molecule has 5 heteroatoms. The van der Waals surface area contributed by atoms with Gasteiger partial charge in [0.25, 0.3) is 0 Å². The predicted molar refractivity (Wildman–Crippen MR) is 93.1 cm³/mol. The number of hydrogen-bond acceptors (Lipinski definition) is 4. The summed E-state index contributed by atoms with van der Waals surface area (Å²) in [5.41, 5.74) is 0. The Morgan fingerprint density at radius 3 is 1.39 bits per heavy atom. The number of phosphoric ester groups is 1. The second kappa shape index (κ2) is 15.6. The summed E-state index contributed by atoms with van der Waals surface area (Å²) in [5, 5.41) is 0. The molecule has 140 valence electrons. The molecule has 0 aliphatic heterocycles. The highest BCUT2D eigenvalue weighted by Gasteiger charge is 2.10. The number of unbranched alkanes of at least 4 members (excludes halogenated alkanes) is 11. The van der Waals surface area contributed by atoms with Gasteiger partial charge in [0.2, 0.25) is 0 Å². The van der Waals surface area contributed by atoms with Crippen molar-refractivity contribution in [2.75, 3.05) is 0 Å². The highest BCUT2D eigenvalue weighted by molar-refractivity contribution is 7.43. The Kier molecular flexibility index (Phi) is 15.7. The second-order valence-corrected chi connectivity index (χ2v) is 7.75. The van der Waals surface area contributed by atoms with Gasteiger partial charge >= 0.3 is 0 Å². The van der Waals surface area contributed by atoms with Crippen LogP contribution in [0.4, 0.5) is 0 Å². The predicted octanol–water partition coefficient (Wildman–Crippen LogP) is 5.09. The molecule has 0 heterocycles. The van der Waals surface area contributed by atoms with Crippen LogP contribution in [0.2, 0.25) is 0 Å². The van der Waals surface area contributed by atoms with Gasteiger partial charge in [-0.1, -0.05) is 97.3 Å². The third kappa shape index (κ3) is 18.3. The van der Waals surface area contributed by atoms with Gasteiger partial charge in [-0.3, -0.25) is 0 Å². The lowest BCUT2D eigenvalue weighted by molar-refractivity contribution is -0.345. The van der Waals surface area contributed by atoms with Gasteiger partial charge in [-0.05, 0) is 12.8 Å². The van der Waals surface area contributed by atoms with Gasteiger partial charge in [-0.15, -0.1) is 0 Å². The van der Waals surface area contributed by atoms with Gasteiger partial charge in [0.1, 0.15) is 0 Å². The third-order valence-electron chi connectivity index (χ3n) is 4.29. The average molecular weight is 348 g/mol. The van der Waals surface area contributed by atoms with Crippen molar-refractivity contribution in [3.8, 4) is 0 Å². The van der Waals surface area contributed by atoms with E-state index in [0.29, 0.717) is 12.8 Å². The second-order valence-electron chi connectivity index (χ2n) is 6.64. The minimum Gasteiger partial charge on any atom is -0.790 e. The van der Waals surface area contributed by atoms with Crippen molar-refractivity contribution in [1.29, 1.82) is 0 Å². The Bertz CT molecular complexity index is 291. The van der Waals surface area contributed by atoms with Gasteiger partial charge in [0, 0.05) is 0 Å². The van der Waals surface area contributed by atoms with Crippen LogP contribution in [0.25, 0.3) is 0 Å². The molecule has 0 saturated carbocycles. The number of hydrogen-bond donors (Lipinski definition) is 0. The molecule has 0 aromatic heterocycles. The summed E-state index contributed by atoms with van der Waals surface area (Å²) in [6.45, 7) is 4.38. The minimum absolute atomic E-state index is 0.405. The fourth-order valence-corrected chi connectivity index (χ4v) is 3.49. The van der Waals surface area contributed by atoms with Crippen molar-refractivity contribution in [2.45, 2.75) is 116 Å². The number of rotatable bonds is 17. The zero-order valence-corrected chi connectivity index (χ0v) is 16.2. The van der Waals surface area contributed by atoms with Crippen molar-refractivity contribution >= 4 is 7.82 Å². The lowest BCUT2D eigenvalue weighted by Crippen LogP contribution is -2.23. The van der Waals surface area contributed by atoms with Gasteiger partial charge in [0.15, 0.2) is 0 Å². The van der Waals surface area contributed by atoms with Crippen molar-refractivity contribution < 1.29 is 18.9 Å². The van der Waals surface area contributed by atoms with E-state index in [1.807, 2.05) is 0 Å². The first-order chi connectivity index (χ1) is 11.0. The average Bonchev–Trinajstić information content (AvgIpc) is 2.48. The normalized spacial score (nSPS) is 13.4. The molecule has 0 amide bonds. The van der Waals surface area contributed by atoms with Crippen LogP contribution in [0.5, 0.6) is 0 Å². The van der Waals surface area contributed by atoms with Crippen LogP contribution >= 0.6 is 7.82 Å². The summed E-state index contributed by atoms with van der Waals surface area (Å²) in [7, 11) is -4.86. The monoisotopic (exact) mass is 348 g/mol. The highest BCUT2D eigenvalue weighted by Crippen LogP contribution is 2.31. The molecule has 0 aliphatic carbocycles. The molecular formula is C18H37O4P-2. The Hall–Kier alpha value is 0.110. The smallest absolute Gasteiger partial charge is 0.0627 e. The maximum absolute atomic E-state index is 10.9. The summed E-state index contributed by atoms with van der Waals surface area (Å²) in [6, 6.07) is 0. The standard InChI is InChI=1S/C18H39O4P/c1-3-5-7-9-10-11-13-15-17-18(22-23(19,20)21)16-14-12-8-6-4-2/h18H,3-17H2,1-2H3,(H2,19,20,21)/p-2. The summed E-state index contributed by atoms with van der Waals surface area (Å²) in [5.74, 6) is 0. The van der Waals surface area contributed by atoms with Crippen molar-refractivity contribution in [3.63, 3.8) is 0 Å². The van der Waals surface area contributed by atoms with Crippen molar-refractivity contribution in [1.82, 2.24) is 0 Å². The maximum atomic E-state index is 10.9. The Morgan fingerprint density at radius 1 is 0.696 bits per heavy atom. The molecule has 0 spiro atoms. The van der Waals surface area contributed by atoms with Crippen molar-refractivity contribution in [3.05, 3.63) is 0 Å². The molecule has 0 aliphatic rings. The molecule has 0 saturated heterocycles. The first kappa shape index (κ1) is 23.1. The van der Waals surface area contributed by atoms with Crippen LogP contribution < -0.4 is 9.79 Å². The molecule has 0 radical (unpaired) electrons. The summed E-state index contributed by atoms with van der Waals surface area (Å²) >= 11 is 0. The van der Waals surface area contributed by atoms with Crippen LogP contribution in [0.3, 0.4) is 0 Å². The summed E-state index contributed by atoms with van der Waals surface area (Å²) in [4.78, 5) is 21.7. The molecule has 4 nitrogen and oxygen atoms in total. The van der Waals surface area contributed by atoms with Crippen LogP contribution in [-0.4, -0.2) is 6.10 Å². The fraction of sp³-hybridized carbons (Fsp3) is 1.00. The quantitative estimate of drug-likeness (QED) is 0.271. The van der Waals surface area contributed by atoms with Gasteiger partial charge in [-0.2, -0.15) is 0 Å². The van der Waals surface area contributed by atoms with Gasteiger partial charge in [-0.25, -0.2) is 0 Å². The lowest BCUT2D eigenvalue weighted by Gasteiger charge is -2.33. The maximum Gasteiger partial charge on any atom is 0.0627 e. The molecule has 23 heavy (non-hydrogen) atoms. The first-order valence-electron chi connectivity index (χ1n) is 9.70. The Labute approximate surface area is 143 Å². The van der Waals surface area contributed by atoms with E-state index < -0.39 is 13.9 Å². The molecule has 0 bridgehead atoms. The topological polar surface area (TPSA) is 72.4 Å². The van der Waals surface area contributed by atoms with E-state index in [-0.39, 0.29) is 0 Å². The first-order valence-corrected chi connectivity index (χ1v) is 11.2. The molecule has 1 unspecified atom stereocenters. The van der Waals surface area contributed by atoms with Gasteiger partial charge in [0.05, 0.1) is 13.9 Å². The summed E-state index contributed by atoms with van der Waals surface area (Å²) in [6.07, 6.45) is 16.3. The van der Waals surface area contributed by atoms with E-state index in [9.17, 15) is 14.4 Å². The third-order valence-corrected chi connectivity index (χ3v) is 4.84. The van der Waals surface area contributed by atoms with Crippen molar-refractivity contribution in [2.24, 2.45) is 0 Å². The van der Waals surface area contributed by atoms with E-state index in [1.54, 1.807) is 0 Å². The molecule has 0 N–H and O–H groups in total. The van der Waals surface area contributed by atoms with E-state index >= 15 is 0 Å². The summed E-state index contributed by atoms with van der Waals surface area (Å²) < 4.78 is 15.6. The van der Waals surface area contributed by atoms with E-state index in [1.165, 1.54) is 57.8 Å². The van der Waals surface area contributed by atoms with Crippen LogP contribution in [0, 0.1) is 0 Å². The minimum atomic E-state index is -4.86. The zero-order chi connectivity index (χ0) is 17.4. The largest absolute Gasteiger partial charge is 0.790 e. The number of phosphoric acid groups is 1. The van der Waals surface area contributed by atoms with E-state index in [2.05, 4.69) is 13.8 Å². The van der Waals surface area contributed by atoms with Crippen LogP contribution in [0.1, 0.15) is 110 Å². The molecule has 0 rings (SSSR count). The van der Waals surface area contributed by atoms with Gasteiger partial charge < -0.3 is 18.9 Å². The Morgan fingerprint density at radius 2 is 1.04 bits per heavy atom. The molecule has 0 fully saturated rings. The zero-order valence-electron chi connectivity index (χ0n) is 15.3. The Balaban J connectivity index is 3.77. The lowest BCUT2D eigenvalue weighted by atomic mass is 10.0. The molecule has 0 aromatic carbocycles. The fourth-order valence-electron chi connectivity index (χ4n) is 2.91. The van der Waals surface area contributed by atoms with Crippen LogP contribution in [0.15, 0.2) is 0 Å². The molecule has 1 atom stereocenters. The SMILES string of the molecule is CCCCCCCCCCC(CCCCCCC)OP(=O)([O-])[O-].